The minimum absolute atomic E-state index is 0.0667. The molecule has 9 nitrogen and oxygen atoms in total. The second-order valence-corrected chi connectivity index (χ2v) is 15.0. The van der Waals surface area contributed by atoms with Crippen molar-refractivity contribution >= 4 is 10.0 Å². The van der Waals surface area contributed by atoms with Gasteiger partial charge in [-0.05, 0) is 97.6 Å². The fraction of sp³-hybridized carbons (Fsp3) is 1.00. The van der Waals surface area contributed by atoms with E-state index in [0.29, 0.717) is 24.5 Å². The Bertz CT molecular complexity index is 792. The van der Waals surface area contributed by atoms with Crippen LogP contribution >= 0.6 is 0 Å². The smallest absolute Gasteiger partial charge is 0.215 e. The highest BCUT2D eigenvalue weighted by atomic mass is 32.2. The van der Waals surface area contributed by atoms with E-state index in [1.165, 1.54) is 25.9 Å². The van der Waals surface area contributed by atoms with Crippen molar-refractivity contribution in [1.82, 2.24) is 30.9 Å². The van der Waals surface area contributed by atoms with Crippen molar-refractivity contribution < 1.29 is 13.2 Å². The summed E-state index contributed by atoms with van der Waals surface area (Å²) in [6.45, 7) is 13.3. The maximum absolute atomic E-state index is 12.9. The lowest BCUT2D eigenvalue weighted by Crippen LogP contribution is -2.69. The highest BCUT2D eigenvalue weighted by Crippen LogP contribution is 2.26. The predicted octanol–water partition coefficient (Wildman–Crippen LogP) is 2.06. The van der Waals surface area contributed by atoms with Crippen LogP contribution in [0.5, 0.6) is 0 Å². The number of nitrogens with one attached hydrogen (secondary N) is 5. The normalized spacial score (nSPS) is 36.6. The molecule has 4 rings (SSSR count). The Morgan fingerprint density at radius 3 is 2.38 bits per heavy atom. The van der Waals surface area contributed by atoms with Crippen LogP contribution in [0.2, 0.25) is 0 Å². The Balaban J connectivity index is 1.18. The van der Waals surface area contributed by atoms with E-state index in [4.69, 9.17) is 4.74 Å². The average Bonchev–Trinajstić information content (AvgIpc) is 3.35. The molecule has 0 radical (unpaired) electrons. The molecule has 2 saturated heterocycles. The highest BCUT2D eigenvalue weighted by molar-refractivity contribution is 7.90. The van der Waals surface area contributed by atoms with Gasteiger partial charge in [0.15, 0.2) is 0 Å². The van der Waals surface area contributed by atoms with Gasteiger partial charge in [-0.3, -0.25) is 21.3 Å². The van der Waals surface area contributed by atoms with Crippen molar-refractivity contribution in [1.29, 1.82) is 0 Å². The zero-order valence-electron chi connectivity index (χ0n) is 23.7. The van der Waals surface area contributed by atoms with E-state index >= 15 is 0 Å². The van der Waals surface area contributed by atoms with E-state index in [9.17, 15) is 8.42 Å². The summed E-state index contributed by atoms with van der Waals surface area (Å²) in [7, 11) is -3.32. The Morgan fingerprint density at radius 1 is 0.946 bits per heavy atom. The SMILES string of the molecule is CC1CNC(NC2CCC(OCCN3CCCC3)CC2)NC1NC1CCCC(S(=O)(=O)NC(C)(C)C)C1. The lowest BCUT2D eigenvalue weighted by Gasteiger charge is -2.42. The molecular weight excluding hydrogens is 488 g/mol. The number of nitrogens with zero attached hydrogens (tertiary/aromatic N) is 1. The van der Waals surface area contributed by atoms with Crippen LogP contribution in [0, 0.1) is 5.92 Å². The number of hydrogen-bond donors (Lipinski definition) is 5. The molecule has 4 fully saturated rings. The molecule has 0 aromatic carbocycles. The summed E-state index contributed by atoms with van der Waals surface area (Å²) in [6.07, 6.45) is 11.2. The van der Waals surface area contributed by atoms with Crippen LogP contribution < -0.4 is 26.0 Å². The van der Waals surface area contributed by atoms with E-state index in [0.717, 1.165) is 64.6 Å². The zero-order valence-corrected chi connectivity index (χ0v) is 24.5. The van der Waals surface area contributed by atoms with Crippen molar-refractivity contribution in [3.8, 4) is 0 Å². The summed E-state index contributed by atoms with van der Waals surface area (Å²) >= 11 is 0. The fourth-order valence-corrected chi connectivity index (χ4v) is 8.46. The van der Waals surface area contributed by atoms with Crippen LogP contribution in [0.25, 0.3) is 0 Å². The standard InChI is InChI=1S/C27H54N6O3S/c1-20-19-28-26(30-21-10-12-23(13-11-21)36-17-16-33-14-5-6-15-33)31-25(20)29-22-8-7-9-24(18-22)37(34,35)32-27(2,3)4/h20-26,28-32H,5-19H2,1-4H3. The van der Waals surface area contributed by atoms with Crippen LogP contribution in [0.1, 0.15) is 91.9 Å². The molecule has 4 aliphatic rings. The molecule has 5 N–H and O–H groups in total. The van der Waals surface area contributed by atoms with Crippen LogP contribution in [-0.4, -0.2) is 87.5 Å². The second kappa shape index (κ2) is 13.4. The van der Waals surface area contributed by atoms with E-state index in [1.807, 2.05) is 20.8 Å². The quantitative estimate of drug-likeness (QED) is 0.286. The fourth-order valence-electron chi connectivity index (χ4n) is 6.47. The Morgan fingerprint density at radius 2 is 1.68 bits per heavy atom. The number of likely N-dealkylation sites (tertiary alicyclic amines) is 1. The highest BCUT2D eigenvalue weighted by Gasteiger charge is 2.36. The molecule has 216 valence electrons. The molecule has 2 aliphatic heterocycles. The van der Waals surface area contributed by atoms with Gasteiger partial charge < -0.3 is 9.64 Å². The number of hydrogen-bond acceptors (Lipinski definition) is 8. The number of ether oxygens (including phenoxy) is 1. The molecule has 10 heteroatoms. The Labute approximate surface area is 226 Å². The van der Waals surface area contributed by atoms with Crippen molar-refractivity contribution in [3.63, 3.8) is 0 Å². The monoisotopic (exact) mass is 542 g/mol. The first kappa shape index (κ1) is 29.6. The lowest BCUT2D eigenvalue weighted by atomic mass is 9.92. The van der Waals surface area contributed by atoms with Gasteiger partial charge in [-0.15, -0.1) is 0 Å². The first-order valence-electron chi connectivity index (χ1n) is 15.0. The van der Waals surface area contributed by atoms with Gasteiger partial charge in [0.05, 0.1) is 24.1 Å². The first-order chi connectivity index (χ1) is 17.6. The molecular formula is C27H54N6O3S. The molecule has 0 spiro atoms. The third-order valence-electron chi connectivity index (χ3n) is 8.52. The Kier molecular flexibility index (Phi) is 10.7. The van der Waals surface area contributed by atoms with Gasteiger partial charge in [0, 0.05) is 30.7 Å². The van der Waals surface area contributed by atoms with E-state index in [-0.39, 0.29) is 23.7 Å². The van der Waals surface area contributed by atoms with Crippen molar-refractivity contribution in [2.75, 3.05) is 32.8 Å². The largest absolute Gasteiger partial charge is 0.377 e. The molecule has 2 saturated carbocycles. The minimum atomic E-state index is -3.32. The topological polar surface area (TPSA) is 107 Å². The summed E-state index contributed by atoms with van der Waals surface area (Å²) in [4.78, 5) is 2.52. The second-order valence-electron chi connectivity index (χ2n) is 13.1. The number of rotatable bonds is 10. The van der Waals surface area contributed by atoms with Crippen LogP contribution in [0.3, 0.4) is 0 Å². The number of sulfonamides is 1. The molecule has 0 amide bonds. The predicted molar refractivity (Wildman–Crippen MR) is 150 cm³/mol. The minimum Gasteiger partial charge on any atom is -0.377 e. The van der Waals surface area contributed by atoms with E-state index in [2.05, 4.69) is 37.8 Å². The maximum atomic E-state index is 12.9. The first-order valence-corrected chi connectivity index (χ1v) is 16.5. The summed E-state index contributed by atoms with van der Waals surface area (Å²) < 4.78 is 34.9. The summed E-state index contributed by atoms with van der Waals surface area (Å²) in [5, 5.41) is 14.6. The third kappa shape index (κ3) is 9.38. The van der Waals surface area contributed by atoms with E-state index < -0.39 is 15.6 Å². The average molecular weight is 543 g/mol. The van der Waals surface area contributed by atoms with Gasteiger partial charge in [0.2, 0.25) is 10.0 Å². The molecule has 2 heterocycles. The molecule has 0 aromatic rings. The molecule has 0 bridgehead atoms. The summed E-state index contributed by atoms with van der Waals surface area (Å²) in [5.74, 6) is 0.419. The van der Waals surface area contributed by atoms with Gasteiger partial charge in [0.1, 0.15) is 6.29 Å². The Hall–Kier alpha value is -0.330. The molecule has 5 unspecified atom stereocenters. The molecule has 5 atom stereocenters. The summed E-state index contributed by atoms with van der Waals surface area (Å²) in [6, 6.07) is 0.701. The molecule has 37 heavy (non-hydrogen) atoms. The van der Waals surface area contributed by atoms with Gasteiger partial charge in [-0.25, -0.2) is 13.1 Å². The van der Waals surface area contributed by atoms with Crippen molar-refractivity contribution in [2.24, 2.45) is 5.92 Å². The summed E-state index contributed by atoms with van der Waals surface area (Å²) in [5.41, 5.74) is -0.442. The van der Waals surface area contributed by atoms with Crippen molar-refractivity contribution in [2.45, 2.75) is 133 Å². The van der Waals surface area contributed by atoms with Crippen LogP contribution in [-0.2, 0) is 14.8 Å². The van der Waals surface area contributed by atoms with Gasteiger partial charge in [-0.2, -0.15) is 0 Å². The molecule has 2 aliphatic carbocycles. The zero-order chi connectivity index (χ0) is 26.5. The van der Waals surface area contributed by atoms with Crippen LogP contribution in [0.15, 0.2) is 0 Å². The van der Waals surface area contributed by atoms with Crippen LogP contribution in [0.4, 0.5) is 0 Å². The van der Waals surface area contributed by atoms with Gasteiger partial charge >= 0.3 is 0 Å². The van der Waals surface area contributed by atoms with Gasteiger partial charge in [0.25, 0.3) is 0 Å². The van der Waals surface area contributed by atoms with E-state index in [1.54, 1.807) is 0 Å². The van der Waals surface area contributed by atoms with Gasteiger partial charge in [-0.1, -0.05) is 13.3 Å². The maximum Gasteiger partial charge on any atom is 0.215 e. The molecule has 0 aromatic heterocycles. The van der Waals surface area contributed by atoms with Crippen molar-refractivity contribution in [3.05, 3.63) is 0 Å². The lowest BCUT2D eigenvalue weighted by molar-refractivity contribution is 0.0109. The third-order valence-corrected chi connectivity index (χ3v) is 10.7.